The molecule has 13 heteroatoms. The lowest BCUT2D eigenvalue weighted by atomic mass is 9.64. The van der Waals surface area contributed by atoms with E-state index in [0.717, 1.165) is 6.92 Å². The predicted molar refractivity (Wildman–Crippen MR) is 109 cm³/mol. The Hall–Kier alpha value is -2.15. The van der Waals surface area contributed by atoms with E-state index < -0.39 is 86.5 Å². The fourth-order valence-electron chi connectivity index (χ4n) is 7.37. The molecule has 5 aliphatic rings. The number of fused-ring (bicyclic) bond motifs is 3. The second-order valence-corrected chi connectivity index (χ2v) is 12.3. The number of carbonyl (C=O) groups excluding carboxylic acids is 3. The maximum absolute atomic E-state index is 14.4. The third-order valence-corrected chi connectivity index (χ3v) is 9.79. The van der Waals surface area contributed by atoms with Gasteiger partial charge in [-0.15, -0.1) is 0 Å². The Bertz CT molecular complexity index is 1160. The molecule has 5 rings (SSSR count). The highest BCUT2D eigenvalue weighted by molar-refractivity contribution is 7.87. The van der Waals surface area contributed by atoms with Crippen molar-refractivity contribution in [3.05, 3.63) is 11.6 Å². The molecule has 4 aliphatic carbocycles. The lowest BCUT2D eigenvalue weighted by molar-refractivity contribution is -0.173. The molecule has 0 amide bonds. The van der Waals surface area contributed by atoms with E-state index in [1.54, 1.807) is 13.0 Å². The lowest BCUT2D eigenvalue weighted by Gasteiger charge is -2.43. The molecule has 1 saturated heterocycles. The van der Waals surface area contributed by atoms with E-state index in [2.05, 4.69) is 0 Å². The first-order valence-electron chi connectivity index (χ1n) is 11.3. The number of halogens is 3. The van der Waals surface area contributed by atoms with Gasteiger partial charge in [0, 0.05) is 13.3 Å². The van der Waals surface area contributed by atoms with Gasteiger partial charge in [0.05, 0.1) is 17.4 Å². The molecule has 0 aromatic rings. The fourth-order valence-corrected chi connectivity index (χ4v) is 8.01. The number of alkyl halides is 3. The van der Waals surface area contributed by atoms with Crippen molar-refractivity contribution in [3.8, 4) is 0 Å². The second-order valence-electron chi connectivity index (χ2n) is 10.8. The van der Waals surface area contributed by atoms with Gasteiger partial charge in [-0.1, -0.05) is 19.9 Å². The summed E-state index contributed by atoms with van der Waals surface area (Å²) < 4.78 is 85.2. The van der Waals surface area contributed by atoms with Gasteiger partial charge in [0.2, 0.25) is 5.60 Å². The molecule has 8 atom stereocenters. The van der Waals surface area contributed by atoms with Crippen LogP contribution in [0.5, 0.6) is 0 Å². The molecule has 0 aromatic heterocycles. The van der Waals surface area contributed by atoms with Crippen molar-refractivity contribution in [2.45, 2.75) is 76.4 Å². The van der Waals surface area contributed by atoms with Crippen LogP contribution in [0.2, 0.25) is 0 Å². The molecular weight excluding hydrogens is 497 g/mol. The van der Waals surface area contributed by atoms with Crippen molar-refractivity contribution in [1.82, 2.24) is 0 Å². The predicted octanol–water partition coefficient (Wildman–Crippen LogP) is 3.03. The highest BCUT2D eigenvalue weighted by Crippen LogP contribution is 2.72. The first-order chi connectivity index (χ1) is 16.0. The third-order valence-electron chi connectivity index (χ3n) is 8.73. The monoisotopic (exact) mass is 522 g/mol. The molecule has 3 saturated carbocycles. The number of hydrogen-bond acceptors (Lipinski definition) is 9. The van der Waals surface area contributed by atoms with Crippen molar-refractivity contribution in [3.63, 3.8) is 0 Å². The highest BCUT2D eigenvalue weighted by atomic mass is 32.2. The molecule has 2 bridgehead atoms. The van der Waals surface area contributed by atoms with Gasteiger partial charge in [-0.2, -0.15) is 21.6 Å². The Kier molecular flexibility index (Phi) is 4.90. The maximum atomic E-state index is 14.4. The van der Waals surface area contributed by atoms with Gasteiger partial charge in [-0.3, -0.25) is 13.8 Å². The molecule has 4 fully saturated rings. The molecule has 9 nitrogen and oxygen atoms in total. The summed E-state index contributed by atoms with van der Waals surface area (Å²) in [7, 11) is -6.08. The molecule has 35 heavy (non-hydrogen) atoms. The smallest absolute Gasteiger partial charge is 0.454 e. The molecule has 194 valence electrons. The van der Waals surface area contributed by atoms with Gasteiger partial charge in [0.15, 0.2) is 18.0 Å². The molecule has 2 spiro atoms. The zero-order chi connectivity index (χ0) is 25.9. The van der Waals surface area contributed by atoms with Gasteiger partial charge in [0.1, 0.15) is 0 Å². The standard InChI is InChI=1S/C22H25F3O9S/c1-9-8-20-6-5-11-15(19(11,3)4)14(16(20)27)12(34-35(29,30)22(23,24)25)7-13-21(20,33-18(28)32-13)17(9)31-10(2)26/h8,11-15,17H,5-7H2,1-4H3/t11-,12-,13-,14+,15-,17+,20-,21+/m1/s1. The number of rotatable bonds is 3. The summed E-state index contributed by atoms with van der Waals surface area (Å²) in [5, 5.41) is 0. The number of carbonyl (C=O) groups is 3. The Labute approximate surface area is 199 Å². The van der Waals surface area contributed by atoms with Crippen molar-refractivity contribution >= 4 is 28.0 Å². The molecule has 1 aliphatic heterocycles. The van der Waals surface area contributed by atoms with Crippen molar-refractivity contribution in [2.75, 3.05) is 0 Å². The average Bonchev–Trinajstić information content (AvgIpc) is 3.02. The maximum Gasteiger partial charge on any atom is 0.523 e. The quantitative estimate of drug-likeness (QED) is 0.238. The third kappa shape index (κ3) is 3.03. The van der Waals surface area contributed by atoms with Gasteiger partial charge in [-0.25, -0.2) is 4.79 Å². The van der Waals surface area contributed by atoms with E-state index in [4.69, 9.17) is 18.4 Å². The Morgan fingerprint density at radius 1 is 1.23 bits per heavy atom. The molecular formula is C22H25F3O9S. The number of ketones is 1. The summed E-state index contributed by atoms with van der Waals surface area (Å²) in [5.41, 5.74) is -9.18. The topological polar surface area (TPSA) is 122 Å². The summed E-state index contributed by atoms with van der Waals surface area (Å²) in [6.07, 6.45) is -3.95. The summed E-state index contributed by atoms with van der Waals surface area (Å²) >= 11 is 0. The van der Waals surface area contributed by atoms with E-state index in [9.17, 15) is 36.0 Å². The van der Waals surface area contributed by atoms with E-state index >= 15 is 0 Å². The summed E-state index contributed by atoms with van der Waals surface area (Å²) in [6, 6.07) is 0. The van der Waals surface area contributed by atoms with E-state index in [1.807, 2.05) is 13.8 Å². The van der Waals surface area contributed by atoms with Gasteiger partial charge in [-0.05, 0) is 42.6 Å². The van der Waals surface area contributed by atoms with E-state index in [0.29, 0.717) is 12.0 Å². The minimum atomic E-state index is -6.08. The van der Waals surface area contributed by atoms with E-state index in [1.165, 1.54) is 0 Å². The molecule has 0 aromatic carbocycles. The van der Waals surface area contributed by atoms with E-state index in [-0.39, 0.29) is 12.3 Å². The van der Waals surface area contributed by atoms with Crippen LogP contribution < -0.4 is 0 Å². The van der Waals surface area contributed by atoms with Gasteiger partial charge in [0.25, 0.3) is 0 Å². The van der Waals surface area contributed by atoms with Crippen molar-refractivity contribution in [2.24, 2.45) is 28.6 Å². The van der Waals surface area contributed by atoms with Crippen LogP contribution in [0.25, 0.3) is 0 Å². The molecule has 0 unspecified atom stereocenters. The zero-order valence-corrected chi connectivity index (χ0v) is 20.2. The Balaban J connectivity index is 1.71. The summed E-state index contributed by atoms with van der Waals surface area (Å²) in [4.78, 5) is 38.7. The van der Waals surface area contributed by atoms with Crippen LogP contribution in [0.4, 0.5) is 18.0 Å². The van der Waals surface area contributed by atoms with Crippen LogP contribution in [0, 0.1) is 28.6 Å². The van der Waals surface area contributed by atoms with Gasteiger partial charge < -0.3 is 14.2 Å². The normalized spacial score (nSPS) is 43.5. The summed E-state index contributed by atoms with van der Waals surface area (Å²) in [6.45, 7) is 6.49. The SMILES string of the molecule is CC(=O)O[C@H]1C(C)=C[C@]23CC[C@@H]4[C@H]([C@@H](C2=O)[C@H](OS(=O)(=O)C(F)(F)F)C[C@H]2OC(=O)O[C@@]213)C4(C)C. The van der Waals surface area contributed by atoms with Crippen molar-refractivity contribution < 1.29 is 54.4 Å². The van der Waals surface area contributed by atoms with Crippen molar-refractivity contribution in [1.29, 1.82) is 0 Å². The van der Waals surface area contributed by atoms with Crippen LogP contribution in [0.15, 0.2) is 11.6 Å². The van der Waals surface area contributed by atoms with Crippen LogP contribution in [-0.4, -0.2) is 55.7 Å². The minimum Gasteiger partial charge on any atom is -0.454 e. The van der Waals surface area contributed by atoms with Crippen LogP contribution in [0.1, 0.15) is 47.0 Å². The zero-order valence-electron chi connectivity index (χ0n) is 19.4. The number of esters is 1. The first kappa shape index (κ1) is 24.5. The number of ether oxygens (including phenoxy) is 3. The minimum absolute atomic E-state index is 0.0939. The molecule has 1 heterocycles. The molecule has 0 N–H and O–H groups in total. The molecule has 0 radical (unpaired) electrons. The number of Topliss-reactive ketones (excluding diaryl/α,β-unsaturated/α-hetero) is 1. The Morgan fingerprint density at radius 3 is 2.49 bits per heavy atom. The Morgan fingerprint density at radius 2 is 1.89 bits per heavy atom. The fraction of sp³-hybridized carbons (Fsp3) is 0.773. The summed E-state index contributed by atoms with van der Waals surface area (Å²) in [5.74, 6) is -3.10. The lowest BCUT2D eigenvalue weighted by Crippen LogP contribution is -2.61. The second kappa shape index (κ2) is 6.99. The number of hydrogen-bond donors (Lipinski definition) is 0. The first-order valence-corrected chi connectivity index (χ1v) is 12.7. The van der Waals surface area contributed by atoms with Crippen LogP contribution in [-0.2, 0) is 38.1 Å². The highest BCUT2D eigenvalue weighted by Gasteiger charge is 2.81. The van der Waals surface area contributed by atoms with Crippen LogP contribution in [0.3, 0.4) is 0 Å². The average molecular weight is 522 g/mol. The largest absolute Gasteiger partial charge is 0.523 e. The van der Waals surface area contributed by atoms with Gasteiger partial charge >= 0.3 is 27.8 Å². The van der Waals surface area contributed by atoms with Crippen LogP contribution >= 0.6 is 0 Å².